The van der Waals surface area contributed by atoms with Gasteiger partial charge < -0.3 is 5.32 Å². The normalized spacial score (nSPS) is 14.3. The molecule has 1 rings (SSSR count). The van der Waals surface area contributed by atoms with E-state index in [1.165, 1.54) is 46.8 Å². The number of aryl methyl sites for hydroxylation is 2. The topological polar surface area (TPSA) is 12.0 Å². The van der Waals surface area contributed by atoms with Gasteiger partial charge in [0.05, 0.1) is 0 Å². The van der Waals surface area contributed by atoms with Crippen molar-refractivity contribution in [2.45, 2.75) is 66.3 Å². The molecular formula is C18H30BrN. The Hall–Kier alpha value is -0.340. The smallest absolute Gasteiger partial charge is 0.0322 e. The van der Waals surface area contributed by atoms with Gasteiger partial charge in [0.1, 0.15) is 0 Å². The zero-order valence-corrected chi connectivity index (χ0v) is 15.3. The lowest BCUT2D eigenvalue weighted by molar-refractivity contribution is 0.390. The average Bonchev–Trinajstić information content (AvgIpc) is 2.40. The van der Waals surface area contributed by atoms with Gasteiger partial charge in [-0.1, -0.05) is 61.7 Å². The number of nitrogens with one attached hydrogen (secondary N) is 1. The van der Waals surface area contributed by atoms with Crippen molar-refractivity contribution < 1.29 is 0 Å². The summed E-state index contributed by atoms with van der Waals surface area (Å²) in [5.41, 5.74) is 4.12. The Bertz CT molecular complexity index is 391. The lowest BCUT2D eigenvalue weighted by Gasteiger charge is -2.24. The van der Waals surface area contributed by atoms with Crippen molar-refractivity contribution in [1.82, 2.24) is 5.32 Å². The van der Waals surface area contributed by atoms with Crippen LogP contribution in [-0.4, -0.2) is 6.54 Å². The summed E-state index contributed by atoms with van der Waals surface area (Å²) < 4.78 is 1.25. The van der Waals surface area contributed by atoms with Crippen LogP contribution in [0.2, 0.25) is 0 Å². The molecule has 114 valence electrons. The first kappa shape index (κ1) is 17.7. The molecule has 0 aliphatic carbocycles. The van der Waals surface area contributed by atoms with E-state index in [9.17, 15) is 0 Å². The van der Waals surface area contributed by atoms with Gasteiger partial charge >= 0.3 is 0 Å². The van der Waals surface area contributed by atoms with Crippen molar-refractivity contribution >= 4 is 15.9 Å². The fraction of sp³-hybridized carbons (Fsp3) is 0.667. The lowest BCUT2D eigenvalue weighted by Crippen LogP contribution is -2.24. The second kappa shape index (κ2) is 8.84. The van der Waals surface area contributed by atoms with Crippen LogP contribution >= 0.6 is 15.9 Å². The van der Waals surface area contributed by atoms with Crippen molar-refractivity contribution in [2.75, 3.05) is 6.54 Å². The molecule has 0 radical (unpaired) electrons. The minimum absolute atomic E-state index is 0.488. The molecule has 1 nitrogen and oxygen atoms in total. The maximum absolute atomic E-state index is 3.73. The molecule has 2 atom stereocenters. The van der Waals surface area contributed by atoms with Crippen molar-refractivity contribution in [1.29, 1.82) is 0 Å². The highest BCUT2D eigenvalue weighted by Crippen LogP contribution is 2.29. The molecule has 0 aliphatic heterocycles. The Labute approximate surface area is 133 Å². The lowest BCUT2D eigenvalue weighted by atomic mass is 9.91. The SMILES string of the molecule is CCCNC(CC(C)CCC)c1cc(C)c(Br)c(C)c1. The number of halogens is 1. The summed E-state index contributed by atoms with van der Waals surface area (Å²) in [5.74, 6) is 0.776. The van der Waals surface area contributed by atoms with Gasteiger partial charge in [-0.05, 0) is 55.8 Å². The van der Waals surface area contributed by atoms with Crippen LogP contribution in [0.3, 0.4) is 0 Å². The molecule has 0 amide bonds. The number of hydrogen-bond acceptors (Lipinski definition) is 1. The minimum Gasteiger partial charge on any atom is -0.310 e. The zero-order chi connectivity index (χ0) is 15.1. The molecule has 0 fully saturated rings. The molecule has 2 unspecified atom stereocenters. The Morgan fingerprint density at radius 1 is 1.10 bits per heavy atom. The maximum atomic E-state index is 3.73. The Morgan fingerprint density at radius 3 is 2.20 bits per heavy atom. The molecule has 0 aliphatic rings. The van der Waals surface area contributed by atoms with E-state index >= 15 is 0 Å². The van der Waals surface area contributed by atoms with Gasteiger partial charge in [-0.2, -0.15) is 0 Å². The van der Waals surface area contributed by atoms with Gasteiger partial charge in [-0.25, -0.2) is 0 Å². The van der Waals surface area contributed by atoms with Crippen molar-refractivity contribution in [3.63, 3.8) is 0 Å². The van der Waals surface area contributed by atoms with E-state index in [0.29, 0.717) is 6.04 Å². The molecule has 0 bridgehead atoms. The second-order valence-corrected chi connectivity index (χ2v) is 6.90. The highest BCUT2D eigenvalue weighted by molar-refractivity contribution is 9.10. The van der Waals surface area contributed by atoms with Gasteiger partial charge in [0.15, 0.2) is 0 Å². The Morgan fingerprint density at radius 2 is 1.70 bits per heavy atom. The molecule has 0 aromatic heterocycles. The summed E-state index contributed by atoms with van der Waals surface area (Å²) in [6.45, 7) is 12.4. The molecular weight excluding hydrogens is 310 g/mol. The summed E-state index contributed by atoms with van der Waals surface area (Å²) in [7, 11) is 0. The standard InChI is InChI=1S/C18H30BrN/c1-6-8-13(3)10-17(20-9-7-2)16-11-14(4)18(19)15(5)12-16/h11-13,17,20H,6-10H2,1-5H3. The van der Waals surface area contributed by atoms with Crippen molar-refractivity contribution in [3.8, 4) is 0 Å². The first-order valence-corrected chi connectivity index (χ1v) is 8.78. The summed E-state index contributed by atoms with van der Waals surface area (Å²) in [6, 6.07) is 5.16. The molecule has 1 aromatic rings. The van der Waals surface area contributed by atoms with Crippen molar-refractivity contribution in [2.24, 2.45) is 5.92 Å². The van der Waals surface area contributed by atoms with Gasteiger partial charge in [-0.3, -0.25) is 0 Å². The summed E-state index contributed by atoms with van der Waals surface area (Å²) in [6.07, 6.45) is 5.01. The average molecular weight is 340 g/mol. The Balaban J connectivity index is 2.91. The third-order valence-corrected chi connectivity index (χ3v) is 5.17. The number of rotatable bonds is 8. The van der Waals surface area contributed by atoms with Gasteiger partial charge in [0.25, 0.3) is 0 Å². The largest absolute Gasteiger partial charge is 0.310 e. The second-order valence-electron chi connectivity index (χ2n) is 6.10. The fourth-order valence-corrected chi connectivity index (χ4v) is 3.08. The van der Waals surface area contributed by atoms with Gasteiger partial charge in [0.2, 0.25) is 0 Å². The van der Waals surface area contributed by atoms with Gasteiger partial charge in [0, 0.05) is 10.5 Å². The van der Waals surface area contributed by atoms with Crippen LogP contribution < -0.4 is 5.32 Å². The van der Waals surface area contributed by atoms with E-state index in [1.807, 2.05) is 0 Å². The number of hydrogen-bond donors (Lipinski definition) is 1. The summed E-state index contributed by atoms with van der Waals surface area (Å²) >= 11 is 3.67. The van der Waals surface area contributed by atoms with E-state index in [2.05, 4.69) is 68.0 Å². The van der Waals surface area contributed by atoms with Crippen LogP contribution in [0.25, 0.3) is 0 Å². The van der Waals surface area contributed by atoms with Gasteiger partial charge in [-0.15, -0.1) is 0 Å². The predicted molar refractivity (Wildman–Crippen MR) is 93.3 cm³/mol. The molecule has 20 heavy (non-hydrogen) atoms. The first-order valence-electron chi connectivity index (χ1n) is 7.99. The molecule has 1 N–H and O–H groups in total. The minimum atomic E-state index is 0.488. The zero-order valence-electron chi connectivity index (χ0n) is 13.7. The van der Waals surface area contributed by atoms with Crippen LogP contribution in [-0.2, 0) is 0 Å². The summed E-state index contributed by atoms with van der Waals surface area (Å²) in [4.78, 5) is 0. The first-order chi connectivity index (χ1) is 9.49. The molecule has 0 saturated heterocycles. The summed E-state index contributed by atoms with van der Waals surface area (Å²) in [5, 5.41) is 3.73. The van der Waals surface area contributed by atoms with E-state index in [0.717, 1.165) is 12.5 Å². The third kappa shape index (κ3) is 5.21. The quantitative estimate of drug-likeness (QED) is 0.618. The predicted octanol–water partition coefficient (Wildman–Crippen LogP) is 5.93. The van der Waals surface area contributed by atoms with Crippen LogP contribution in [0.4, 0.5) is 0 Å². The third-order valence-electron chi connectivity index (χ3n) is 3.92. The number of benzene rings is 1. The molecule has 0 saturated carbocycles. The monoisotopic (exact) mass is 339 g/mol. The van der Waals surface area contributed by atoms with Crippen LogP contribution in [0.15, 0.2) is 16.6 Å². The maximum Gasteiger partial charge on any atom is 0.0322 e. The van der Waals surface area contributed by atoms with Crippen molar-refractivity contribution in [3.05, 3.63) is 33.3 Å². The fourth-order valence-electron chi connectivity index (χ4n) is 2.85. The molecule has 1 aromatic carbocycles. The van der Waals surface area contributed by atoms with Crippen LogP contribution in [0.1, 0.15) is 69.2 Å². The molecule has 2 heteroatoms. The molecule has 0 spiro atoms. The molecule has 0 heterocycles. The highest BCUT2D eigenvalue weighted by Gasteiger charge is 2.16. The van der Waals surface area contributed by atoms with E-state index in [-0.39, 0.29) is 0 Å². The van der Waals surface area contributed by atoms with E-state index < -0.39 is 0 Å². The van der Waals surface area contributed by atoms with E-state index in [1.54, 1.807) is 0 Å². The van der Waals surface area contributed by atoms with Crippen LogP contribution in [0.5, 0.6) is 0 Å². The highest BCUT2D eigenvalue weighted by atomic mass is 79.9. The Kier molecular flexibility index (Phi) is 7.83. The van der Waals surface area contributed by atoms with E-state index in [4.69, 9.17) is 0 Å². The van der Waals surface area contributed by atoms with Crippen LogP contribution in [0, 0.1) is 19.8 Å².